The van der Waals surface area contributed by atoms with Gasteiger partial charge in [-0.05, 0) is 51.5 Å². The van der Waals surface area contributed by atoms with Crippen LogP contribution in [0.1, 0.15) is 63.2 Å². The third-order valence-electron chi connectivity index (χ3n) is 3.70. The monoisotopic (exact) mass is 306 g/mol. The van der Waals surface area contributed by atoms with Gasteiger partial charge >= 0.3 is 0 Å². The van der Waals surface area contributed by atoms with E-state index in [1.165, 1.54) is 9.75 Å². The van der Waals surface area contributed by atoms with E-state index in [1.54, 1.807) is 36.5 Å². The van der Waals surface area contributed by atoms with Crippen LogP contribution in [-0.2, 0) is 5.41 Å². The van der Waals surface area contributed by atoms with E-state index in [1.807, 2.05) is 24.3 Å². The summed E-state index contributed by atoms with van der Waals surface area (Å²) in [5, 5.41) is 0. The Morgan fingerprint density at radius 3 is 1.60 bits per heavy atom. The molecule has 0 aromatic carbocycles. The quantitative estimate of drug-likeness (QED) is 0.734. The molecule has 0 spiro atoms. The third kappa shape index (κ3) is 2.63. The predicted molar refractivity (Wildman–Crippen MR) is 85.4 cm³/mol. The summed E-state index contributed by atoms with van der Waals surface area (Å²) in [6.45, 7) is 7.51. The van der Waals surface area contributed by atoms with Crippen LogP contribution in [0.3, 0.4) is 0 Å². The maximum atomic E-state index is 11.5. The molecule has 0 aliphatic carbocycles. The van der Waals surface area contributed by atoms with Crippen LogP contribution in [0, 0.1) is 0 Å². The first-order valence-electron chi connectivity index (χ1n) is 6.61. The molecule has 2 rings (SSSR count). The Hall–Kier alpha value is -1.26. The van der Waals surface area contributed by atoms with Crippen molar-refractivity contribution in [2.45, 2.75) is 39.5 Å². The summed E-state index contributed by atoms with van der Waals surface area (Å²) in [6.07, 6.45) is 0.933. The van der Waals surface area contributed by atoms with Crippen LogP contribution in [0.25, 0.3) is 0 Å². The standard InChI is InChI=1S/C16H18O2S2/c1-5-16(4,14-8-6-12(19-14)10(2)17)15-9-7-13(20-15)11(3)18/h6-9H,5H2,1-4H3. The largest absolute Gasteiger partial charge is 0.294 e. The van der Waals surface area contributed by atoms with Crippen LogP contribution >= 0.6 is 22.7 Å². The van der Waals surface area contributed by atoms with Crippen molar-refractivity contribution < 1.29 is 9.59 Å². The summed E-state index contributed by atoms with van der Waals surface area (Å²) in [5.74, 6) is 0.214. The lowest BCUT2D eigenvalue weighted by Gasteiger charge is -2.25. The number of ketones is 2. The van der Waals surface area contributed by atoms with Gasteiger partial charge in [0.25, 0.3) is 0 Å². The molecule has 0 saturated carbocycles. The molecule has 2 aromatic rings. The van der Waals surface area contributed by atoms with Gasteiger partial charge in [0.15, 0.2) is 11.6 Å². The maximum Gasteiger partial charge on any atom is 0.169 e. The van der Waals surface area contributed by atoms with Gasteiger partial charge in [-0.25, -0.2) is 0 Å². The lowest BCUT2D eigenvalue weighted by atomic mass is 9.84. The third-order valence-corrected chi connectivity index (χ3v) is 6.60. The van der Waals surface area contributed by atoms with Crippen molar-refractivity contribution in [3.8, 4) is 0 Å². The summed E-state index contributed by atoms with van der Waals surface area (Å²) < 4.78 is 0. The highest BCUT2D eigenvalue weighted by molar-refractivity contribution is 7.15. The molecule has 0 aliphatic rings. The number of carbonyl (C=O) groups is 2. The number of rotatable bonds is 5. The van der Waals surface area contributed by atoms with Gasteiger partial charge in [-0.15, -0.1) is 22.7 Å². The normalized spacial score (nSPS) is 11.6. The van der Waals surface area contributed by atoms with E-state index < -0.39 is 0 Å². The Bertz CT molecular complexity index is 597. The number of thiophene rings is 2. The first-order valence-corrected chi connectivity index (χ1v) is 8.24. The lowest BCUT2D eigenvalue weighted by Crippen LogP contribution is -2.19. The van der Waals surface area contributed by atoms with Crippen molar-refractivity contribution in [3.05, 3.63) is 43.8 Å². The van der Waals surface area contributed by atoms with E-state index in [-0.39, 0.29) is 17.0 Å². The molecule has 106 valence electrons. The molecule has 2 nitrogen and oxygen atoms in total. The molecule has 0 fully saturated rings. The second-order valence-electron chi connectivity index (χ2n) is 5.13. The molecule has 2 heterocycles. The summed E-state index contributed by atoms with van der Waals surface area (Å²) in [6, 6.07) is 7.88. The first kappa shape index (κ1) is 15.1. The SMILES string of the molecule is CCC(C)(c1ccc(C(C)=O)s1)c1ccc(C(C)=O)s1. The van der Waals surface area contributed by atoms with Crippen molar-refractivity contribution in [2.75, 3.05) is 0 Å². The van der Waals surface area contributed by atoms with Gasteiger partial charge in [0.2, 0.25) is 0 Å². The van der Waals surface area contributed by atoms with Gasteiger partial charge in [-0.2, -0.15) is 0 Å². The molecule has 2 aromatic heterocycles. The highest BCUT2D eigenvalue weighted by atomic mass is 32.1. The molecule has 0 bridgehead atoms. The van der Waals surface area contributed by atoms with Crippen molar-refractivity contribution in [3.63, 3.8) is 0 Å². The van der Waals surface area contributed by atoms with Crippen LogP contribution in [0.5, 0.6) is 0 Å². The van der Waals surface area contributed by atoms with Gasteiger partial charge < -0.3 is 0 Å². The summed E-state index contributed by atoms with van der Waals surface area (Å²) in [4.78, 5) is 26.9. The fourth-order valence-corrected chi connectivity index (χ4v) is 4.45. The average Bonchev–Trinajstić information content (AvgIpc) is 3.07. The van der Waals surface area contributed by atoms with Gasteiger partial charge in [-0.3, -0.25) is 9.59 Å². The number of Topliss-reactive ketones (excluding diaryl/α,β-unsaturated/α-hetero) is 2. The molecule has 20 heavy (non-hydrogen) atoms. The Kier molecular flexibility index (Phi) is 4.25. The van der Waals surface area contributed by atoms with Gasteiger partial charge in [0.1, 0.15) is 0 Å². The van der Waals surface area contributed by atoms with Gasteiger partial charge in [-0.1, -0.05) is 6.92 Å². The predicted octanol–water partition coefficient (Wildman–Crippen LogP) is 4.93. The molecule has 0 atom stereocenters. The van der Waals surface area contributed by atoms with E-state index in [2.05, 4.69) is 13.8 Å². The number of hydrogen-bond acceptors (Lipinski definition) is 4. The second kappa shape index (κ2) is 5.62. The Labute approximate surface area is 127 Å². The molecular formula is C16H18O2S2. The number of carbonyl (C=O) groups excluding carboxylic acids is 2. The van der Waals surface area contributed by atoms with E-state index in [9.17, 15) is 9.59 Å². The average molecular weight is 306 g/mol. The Morgan fingerprint density at radius 2 is 1.35 bits per heavy atom. The van der Waals surface area contributed by atoms with Crippen LogP contribution in [0.4, 0.5) is 0 Å². The molecule has 0 N–H and O–H groups in total. The van der Waals surface area contributed by atoms with Crippen LogP contribution in [0.15, 0.2) is 24.3 Å². The Morgan fingerprint density at radius 1 is 0.950 bits per heavy atom. The zero-order valence-electron chi connectivity index (χ0n) is 12.1. The van der Waals surface area contributed by atoms with Crippen molar-refractivity contribution in [2.24, 2.45) is 0 Å². The highest BCUT2D eigenvalue weighted by Crippen LogP contribution is 2.42. The molecule has 4 heteroatoms. The first-order chi connectivity index (χ1) is 9.38. The molecule has 0 unspecified atom stereocenters. The van der Waals surface area contributed by atoms with E-state index in [0.29, 0.717) is 0 Å². The number of hydrogen-bond donors (Lipinski definition) is 0. The molecule has 0 saturated heterocycles. The minimum atomic E-state index is -0.128. The molecule has 0 amide bonds. The highest BCUT2D eigenvalue weighted by Gasteiger charge is 2.31. The molecular weight excluding hydrogens is 288 g/mol. The smallest absolute Gasteiger partial charge is 0.169 e. The van der Waals surface area contributed by atoms with Crippen molar-refractivity contribution >= 4 is 34.2 Å². The topological polar surface area (TPSA) is 34.1 Å². The zero-order chi connectivity index (χ0) is 14.9. The maximum absolute atomic E-state index is 11.5. The fraction of sp³-hybridized carbons (Fsp3) is 0.375. The van der Waals surface area contributed by atoms with Crippen LogP contribution in [0.2, 0.25) is 0 Å². The summed E-state index contributed by atoms with van der Waals surface area (Å²) in [7, 11) is 0. The zero-order valence-corrected chi connectivity index (χ0v) is 13.8. The van der Waals surface area contributed by atoms with Gasteiger partial charge in [0, 0.05) is 15.2 Å². The van der Waals surface area contributed by atoms with E-state index in [0.717, 1.165) is 16.2 Å². The summed E-state index contributed by atoms with van der Waals surface area (Å²) in [5.41, 5.74) is -0.128. The second-order valence-corrected chi connectivity index (χ2v) is 7.29. The fourth-order valence-electron chi connectivity index (χ4n) is 2.12. The minimum absolute atomic E-state index is 0.107. The lowest BCUT2D eigenvalue weighted by molar-refractivity contribution is 0.101. The van der Waals surface area contributed by atoms with Crippen LogP contribution in [-0.4, -0.2) is 11.6 Å². The van der Waals surface area contributed by atoms with E-state index >= 15 is 0 Å². The minimum Gasteiger partial charge on any atom is -0.294 e. The molecule has 0 radical (unpaired) electrons. The van der Waals surface area contributed by atoms with E-state index in [4.69, 9.17) is 0 Å². The van der Waals surface area contributed by atoms with Crippen LogP contribution < -0.4 is 0 Å². The van der Waals surface area contributed by atoms with Crippen molar-refractivity contribution in [1.29, 1.82) is 0 Å². The molecule has 0 aliphatic heterocycles. The Balaban J connectivity index is 2.45. The van der Waals surface area contributed by atoms with Gasteiger partial charge in [0.05, 0.1) is 9.75 Å². The van der Waals surface area contributed by atoms with Crippen molar-refractivity contribution in [1.82, 2.24) is 0 Å². The summed E-state index contributed by atoms with van der Waals surface area (Å²) >= 11 is 3.11.